The molecule has 0 spiro atoms. The maximum Gasteiger partial charge on any atom is 0.269 e. The first-order valence-corrected chi connectivity index (χ1v) is 10.2. The van der Waals surface area contributed by atoms with Crippen molar-refractivity contribution in [2.75, 3.05) is 24.6 Å². The Labute approximate surface area is 146 Å². The Bertz CT molecular complexity index is 756. The van der Waals surface area contributed by atoms with Crippen molar-refractivity contribution in [3.05, 3.63) is 39.9 Å². The summed E-state index contributed by atoms with van der Waals surface area (Å²) < 4.78 is 24.2. The lowest BCUT2D eigenvalue weighted by Crippen LogP contribution is -2.52. The SMILES string of the molecule is O=C(NC1CS(=O)(=O)CC1N1CCCCC1)c1ccc([N+](=O)[O-])cc1. The summed E-state index contributed by atoms with van der Waals surface area (Å²) in [5.74, 6) is -0.399. The second-order valence-electron chi connectivity index (χ2n) is 6.62. The summed E-state index contributed by atoms with van der Waals surface area (Å²) in [7, 11) is -3.19. The molecule has 1 aromatic rings. The number of nitrogens with zero attached hydrogens (tertiary/aromatic N) is 2. The molecule has 2 unspecified atom stereocenters. The molecule has 0 bridgehead atoms. The van der Waals surface area contributed by atoms with Crippen molar-refractivity contribution in [3.63, 3.8) is 0 Å². The summed E-state index contributed by atoms with van der Waals surface area (Å²) in [5, 5.41) is 13.5. The number of sulfone groups is 1. The van der Waals surface area contributed by atoms with Gasteiger partial charge >= 0.3 is 0 Å². The Hall–Kier alpha value is -2.00. The van der Waals surface area contributed by atoms with Crippen LogP contribution in [0.4, 0.5) is 5.69 Å². The number of piperidine rings is 1. The highest BCUT2D eigenvalue weighted by atomic mass is 32.2. The van der Waals surface area contributed by atoms with Crippen molar-refractivity contribution >= 4 is 21.4 Å². The highest BCUT2D eigenvalue weighted by Crippen LogP contribution is 2.23. The lowest BCUT2D eigenvalue weighted by atomic mass is 10.0. The highest BCUT2D eigenvalue weighted by Gasteiger charge is 2.41. The van der Waals surface area contributed by atoms with Gasteiger partial charge in [-0.25, -0.2) is 8.42 Å². The van der Waals surface area contributed by atoms with Crippen molar-refractivity contribution in [1.82, 2.24) is 10.2 Å². The number of amides is 1. The standard InChI is InChI=1S/C16H21N3O5S/c20-16(12-4-6-13(7-5-12)19(21)22)17-14-10-25(23,24)11-15(14)18-8-2-1-3-9-18/h4-7,14-15H,1-3,8-11H2,(H,17,20). The quantitative estimate of drug-likeness (QED) is 0.627. The summed E-state index contributed by atoms with van der Waals surface area (Å²) >= 11 is 0. The van der Waals surface area contributed by atoms with Crippen LogP contribution < -0.4 is 5.32 Å². The maximum atomic E-state index is 12.4. The number of likely N-dealkylation sites (tertiary alicyclic amines) is 1. The molecule has 2 heterocycles. The van der Waals surface area contributed by atoms with Crippen LogP contribution in [0.1, 0.15) is 29.6 Å². The van der Waals surface area contributed by atoms with E-state index >= 15 is 0 Å². The first-order chi connectivity index (χ1) is 11.9. The van der Waals surface area contributed by atoms with E-state index in [0.29, 0.717) is 0 Å². The number of nitro groups is 1. The van der Waals surface area contributed by atoms with Crippen LogP contribution in [-0.2, 0) is 9.84 Å². The molecule has 2 aliphatic rings. The number of rotatable bonds is 4. The zero-order valence-electron chi connectivity index (χ0n) is 13.8. The Kier molecular flexibility index (Phi) is 5.05. The zero-order chi connectivity index (χ0) is 18.0. The minimum Gasteiger partial charge on any atom is -0.347 e. The third-order valence-corrected chi connectivity index (χ3v) is 6.56. The molecule has 25 heavy (non-hydrogen) atoms. The van der Waals surface area contributed by atoms with E-state index in [9.17, 15) is 23.3 Å². The largest absolute Gasteiger partial charge is 0.347 e. The van der Waals surface area contributed by atoms with Crippen LogP contribution in [0.5, 0.6) is 0 Å². The lowest BCUT2D eigenvalue weighted by Gasteiger charge is -2.35. The number of hydrogen-bond donors (Lipinski definition) is 1. The van der Waals surface area contributed by atoms with Gasteiger partial charge in [0.2, 0.25) is 0 Å². The summed E-state index contributed by atoms with van der Waals surface area (Å²) in [6, 6.07) is 4.64. The summed E-state index contributed by atoms with van der Waals surface area (Å²) in [4.78, 5) is 24.7. The molecular formula is C16H21N3O5S. The molecule has 0 saturated carbocycles. The molecule has 2 aliphatic heterocycles. The van der Waals surface area contributed by atoms with E-state index in [2.05, 4.69) is 10.2 Å². The molecule has 2 saturated heterocycles. The number of nitro benzene ring substituents is 1. The topological polar surface area (TPSA) is 110 Å². The van der Waals surface area contributed by atoms with Crippen molar-refractivity contribution < 1.29 is 18.1 Å². The van der Waals surface area contributed by atoms with E-state index in [1.54, 1.807) is 0 Å². The van der Waals surface area contributed by atoms with E-state index < -0.39 is 26.7 Å². The Morgan fingerprint density at radius 3 is 2.36 bits per heavy atom. The molecule has 1 amide bonds. The second-order valence-corrected chi connectivity index (χ2v) is 8.78. The monoisotopic (exact) mass is 367 g/mol. The van der Waals surface area contributed by atoms with Gasteiger partial charge in [-0.05, 0) is 38.1 Å². The Morgan fingerprint density at radius 1 is 1.12 bits per heavy atom. The summed E-state index contributed by atoms with van der Waals surface area (Å²) in [6.07, 6.45) is 3.23. The van der Waals surface area contributed by atoms with Crippen molar-refractivity contribution in [2.24, 2.45) is 0 Å². The van der Waals surface area contributed by atoms with Crippen LogP contribution in [-0.4, -0.2) is 60.8 Å². The third kappa shape index (κ3) is 4.16. The van der Waals surface area contributed by atoms with Gasteiger partial charge in [-0.1, -0.05) is 6.42 Å². The Balaban J connectivity index is 1.72. The molecule has 1 N–H and O–H groups in total. The van der Waals surface area contributed by atoms with Crippen LogP contribution in [0.3, 0.4) is 0 Å². The minimum absolute atomic E-state index is 0.0626. The fraction of sp³-hybridized carbons (Fsp3) is 0.562. The average molecular weight is 367 g/mol. The second kappa shape index (κ2) is 7.09. The van der Waals surface area contributed by atoms with Gasteiger partial charge < -0.3 is 5.32 Å². The van der Waals surface area contributed by atoms with Gasteiger partial charge in [-0.15, -0.1) is 0 Å². The van der Waals surface area contributed by atoms with Crippen LogP contribution in [0, 0.1) is 10.1 Å². The molecular weight excluding hydrogens is 346 g/mol. The molecule has 9 heteroatoms. The average Bonchev–Trinajstić information content (AvgIpc) is 2.90. The van der Waals surface area contributed by atoms with Crippen LogP contribution in [0.15, 0.2) is 24.3 Å². The fourth-order valence-corrected chi connectivity index (χ4v) is 5.52. The number of nitrogens with one attached hydrogen (secondary N) is 1. The molecule has 0 aliphatic carbocycles. The lowest BCUT2D eigenvalue weighted by molar-refractivity contribution is -0.384. The molecule has 2 fully saturated rings. The fourth-order valence-electron chi connectivity index (χ4n) is 3.56. The van der Waals surface area contributed by atoms with Gasteiger partial charge in [0.1, 0.15) is 0 Å². The van der Waals surface area contributed by atoms with Crippen molar-refractivity contribution in [2.45, 2.75) is 31.3 Å². The number of carbonyl (C=O) groups excluding carboxylic acids is 1. The molecule has 0 radical (unpaired) electrons. The Morgan fingerprint density at radius 2 is 1.76 bits per heavy atom. The molecule has 8 nitrogen and oxygen atoms in total. The predicted molar refractivity (Wildman–Crippen MR) is 92.2 cm³/mol. The van der Waals surface area contributed by atoms with E-state index in [1.165, 1.54) is 24.3 Å². The number of non-ortho nitro benzene ring substituents is 1. The van der Waals surface area contributed by atoms with Gasteiger partial charge in [0, 0.05) is 23.7 Å². The van der Waals surface area contributed by atoms with Gasteiger partial charge in [-0.2, -0.15) is 0 Å². The summed E-state index contributed by atoms with van der Waals surface area (Å²) in [6.45, 7) is 1.70. The van der Waals surface area contributed by atoms with Gasteiger partial charge in [0.25, 0.3) is 11.6 Å². The normalized spacial score (nSPS) is 26.2. The minimum atomic E-state index is -3.19. The van der Waals surface area contributed by atoms with E-state index in [0.717, 1.165) is 32.4 Å². The molecule has 2 atom stereocenters. The first kappa shape index (κ1) is 17.8. The van der Waals surface area contributed by atoms with E-state index in [4.69, 9.17) is 0 Å². The maximum absolute atomic E-state index is 12.4. The van der Waals surface area contributed by atoms with Gasteiger partial charge in [-0.3, -0.25) is 19.8 Å². The van der Waals surface area contributed by atoms with Crippen LogP contribution in [0.2, 0.25) is 0 Å². The first-order valence-electron chi connectivity index (χ1n) is 8.35. The van der Waals surface area contributed by atoms with Crippen LogP contribution in [0.25, 0.3) is 0 Å². The molecule has 1 aromatic carbocycles. The number of carbonyl (C=O) groups is 1. The third-order valence-electron chi connectivity index (χ3n) is 4.84. The number of hydrogen-bond acceptors (Lipinski definition) is 6. The van der Waals surface area contributed by atoms with Gasteiger partial charge in [0.15, 0.2) is 9.84 Å². The van der Waals surface area contributed by atoms with E-state index in [1.807, 2.05) is 0 Å². The molecule has 0 aromatic heterocycles. The van der Waals surface area contributed by atoms with Crippen molar-refractivity contribution in [3.8, 4) is 0 Å². The predicted octanol–water partition coefficient (Wildman–Crippen LogP) is 0.976. The number of benzene rings is 1. The van der Waals surface area contributed by atoms with E-state index in [-0.39, 0.29) is 28.8 Å². The zero-order valence-corrected chi connectivity index (χ0v) is 14.6. The molecule has 3 rings (SSSR count). The smallest absolute Gasteiger partial charge is 0.269 e. The van der Waals surface area contributed by atoms with Gasteiger partial charge in [0.05, 0.1) is 22.5 Å². The summed E-state index contributed by atoms with van der Waals surface area (Å²) in [5.41, 5.74) is 0.193. The molecule has 136 valence electrons. The van der Waals surface area contributed by atoms with Crippen molar-refractivity contribution in [1.29, 1.82) is 0 Å². The van der Waals surface area contributed by atoms with Crippen LogP contribution >= 0.6 is 0 Å². The highest BCUT2D eigenvalue weighted by molar-refractivity contribution is 7.91.